The molecule has 4 heteroatoms. The highest BCUT2D eigenvalue weighted by Gasteiger charge is 2.14. The van der Waals surface area contributed by atoms with Crippen molar-refractivity contribution < 1.29 is 18.7 Å². The normalized spacial score (nSPS) is 10.4. The average Bonchev–Trinajstić information content (AvgIpc) is 2.30. The maximum Gasteiger partial charge on any atom is 0.338 e. The maximum absolute atomic E-state index is 13.4. The summed E-state index contributed by atoms with van der Waals surface area (Å²) in [6.07, 6.45) is 0. The molecular weight excluding hydrogens is 238 g/mol. The molecule has 0 unspecified atom stereocenters. The molecule has 2 nitrogen and oxygen atoms in total. The molecule has 0 aliphatic rings. The summed E-state index contributed by atoms with van der Waals surface area (Å²) in [5.41, 5.74) is 1.44. The molecule has 0 fully saturated rings. The zero-order chi connectivity index (χ0) is 13.3. The topological polar surface area (TPSA) is 37.3 Å². The highest BCUT2D eigenvalue weighted by Crippen LogP contribution is 2.26. The lowest BCUT2D eigenvalue weighted by molar-refractivity contribution is 0.0692. The highest BCUT2D eigenvalue weighted by atomic mass is 19.1. The molecule has 1 N–H and O–H groups in total. The second-order valence-corrected chi connectivity index (χ2v) is 3.96. The Morgan fingerprint density at radius 2 is 1.72 bits per heavy atom. The molecule has 0 aliphatic carbocycles. The molecule has 0 aliphatic heterocycles. The molecule has 2 rings (SSSR count). The molecule has 92 valence electrons. The van der Waals surface area contributed by atoms with Gasteiger partial charge in [0.15, 0.2) is 0 Å². The fourth-order valence-electron chi connectivity index (χ4n) is 1.78. The van der Waals surface area contributed by atoms with Gasteiger partial charge in [-0.2, -0.15) is 0 Å². The van der Waals surface area contributed by atoms with Crippen LogP contribution in [0.4, 0.5) is 8.78 Å². The van der Waals surface area contributed by atoms with Crippen LogP contribution in [0.25, 0.3) is 11.1 Å². The molecule has 0 spiro atoms. The second-order valence-electron chi connectivity index (χ2n) is 3.96. The zero-order valence-electron chi connectivity index (χ0n) is 9.58. The number of hydrogen-bond acceptors (Lipinski definition) is 1. The number of carboxylic acid groups (broad SMARTS) is 1. The SMILES string of the molecule is Cc1cc(F)c(C(=O)O)cc1-c1ccc(F)cc1. The fraction of sp³-hybridized carbons (Fsp3) is 0.0714. The fourth-order valence-corrected chi connectivity index (χ4v) is 1.78. The number of carboxylic acids is 1. The number of benzene rings is 2. The Balaban J connectivity index is 2.60. The van der Waals surface area contributed by atoms with E-state index in [4.69, 9.17) is 5.11 Å². The largest absolute Gasteiger partial charge is 0.478 e. The Bertz CT molecular complexity index is 604. The van der Waals surface area contributed by atoms with Crippen LogP contribution in [0.2, 0.25) is 0 Å². The van der Waals surface area contributed by atoms with Crippen molar-refractivity contribution in [2.45, 2.75) is 6.92 Å². The lowest BCUT2D eigenvalue weighted by atomic mass is 9.97. The number of aromatic carboxylic acids is 1. The molecule has 0 saturated carbocycles. The molecule has 0 atom stereocenters. The zero-order valence-corrected chi connectivity index (χ0v) is 9.58. The summed E-state index contributed by atoms with van der Waals surface area (Å²) in [6, 6.07) is 8.04. The van der Waals surface area contributed by atoms with E-state index in [1.54, 1.807) is 6.92 Å². The predicted octanol–water partition coefficient (Wildman–Crippen LogP) is 3.64. The molecule has 2 aromatic rings. The minimum absolute atomic E-state index is 0.378. The summed E-state index contributed by atoms with van der Waals surface area (Å²) in [5.74, 6) is -2.47. The van der Waals surface area contributed by atoms with Gasteiger partial charge in [-0.1, -0.05) is 12.1 Å². The van der Waals surface area contributed by atoms with Crippen molar-refractivity contribution in [2.24, 2.45) is 0 Å². The Kier molecular flexibility index (Phi) is 3.10. The highest BCUT2D eigenvalue weighted by molar-refractivity contribution is 5.90. The van der Waals surface area contributed by atoms with E-state index in [1.807, 2.05) is 0 Å². The first-order valence-corrected chi connectivity index (χ1v) is 5.28. The molecule has 0 bridgehead atoms. The van der Waals surface area contributed by atoms with E-state index in [0.717, 1.165) is 0 Å². The van der Waals surface area contributed by atoms with Gasteiger partial charge in [0.25, 0.3) is 0 Å². The van der Waals surface area contributed by atoms with Crippen LogP contribution in [0, 0.1) is 18.6 Å². The van der Waals surface area contributed by atoms with Crippen molar-refractivity contribution in [3.63, 3.8) is 0 Å². The summed E-state index contributed by atoms with van der Waals surface area (Å²) >= 11 is 0. The van der Waals surface area contributed by atoms with Crippen molar-refractivity contribution in [2.75, 3.05) is 0 Å². The number of carbonyl (C=O) groups is 1. The molecule has 18 heavy (non-hydrogen) atoms. The number of hydrogen-bond donors (Lipinski definition) is 1. The minimum Gasteiger partial charge on any atom is -0.478 e. The summed E-state index contributed by atoms with van der Waals surface area (Å²) in [5, 5.41) is 8.87. The van der Waals surface area contributed by atoms with Gasteiger partial charge in [-0.3, -0.25) is 0 Å². The predicted molar refractivity (Wildman–Crippen MR) is 63.5 cm³/mol. The van der Waals surface area contributed by atoms with Crippen molar-refractivity contribution in [1.29, 1.82) is 0 Å². The van der Waals surface area contributed by atoms with Crippen LogP contribution in [0.5, 0.6) is 0 Å². The van der Waals surface area contributed by atoms with E-state index in [0.29, 0.717) is 16.7 Å². The van der Waals surface area contributed by atoms with Crippen molar-refractivity contribution in [3.05, 3.63) is 59.2 Å². The Morgan fingerprint density at radius 1 is 1.11 bits per heavy atom. The summed E-state index contributed by atoms with van der Waals surface area (Å²) in [4.78, 5) is 10.9. The molecule has 2 aromatic carbocycles. The van der Waals surface area contributed by atoms with Gasteiger partial charge in [-0.25, -0.2) is 13.6 Å². The van der Waals surface area contributed by atoms with Crippen LogP contribution in [-0.4, -0.2) is 11.1 Å². The number of aryl methyl sites for hydroxylation is 1. The first-order chi connectivity index (χ1) is 8.49. The van der Waals surface area contributed by atoms with Crippen molar-refractivity contribution in [1.82, 2.24) is 0 Å². The van der Waals surface area contributed by atoms with Crippen molar-refractivity contribution in [3.8, 4) is 11.1 Å². The van der Waals surface area contributed by atoms with Crippen LogP contribution in [0.1, 0.15) is 15.9 Å². The van der Waals surface area contributed by atoms with Gasteiger partial charge < -0.3 is 5.11 Å². The van der Waals surface area contributed by atoms with Gasteiger partial charge in [0, 0.05) is 0 Å². The van der Waals surface area contributed by atoms with E-state index >= 15 is 0 Å². The Morgan fingerprint density at radius 3 is 2.28 bits per heavy atom. The smallest absolute Gasteiger partial charge is 0.338 e. The minimum atomic E-state index is -1.32. The third-order valence-corrected chi connectivity index (χ3v) is 2.70. The van der Waals surface area contributed by atoms with Gasteiger partial charge in [0.05, 0.1) is 5.56 Å². The maximum atomic E-state index is 13.4. The van der Waals surface area contributed by atoms with Gasteiger partial charge in [0.1, 0.15) is 11.6 Å². The molecular formula is C14H10F2O2. The summed E-state index contributed by atoms with van der Waals surface area (Å²) in [6.45, 7) is 1.67. The quantitative estimate of drug-likeness (QED) is 0.880. The Labute approximate surface area is 103 Å². The van der Waals surface area contributed by atoms with Crippen LogP contribution < -0.4 is 0 Å². The van der Waals surface area contributed by atoms with Gasteiger partial charge >= 0.3 is 5.97 Å². The Hall–Kier alpha value is -2.23. The van der Waals surface area contributed by atoms with Crippen LogP contribution in [0.3, 0.4) is 0 Å². The van der Waals surface area contributed by atoms with Crippen LogP contribution in [-0.2, 0) is 0 Å². The van der Waals surface area contributed by atoms with E-state index in [2.05, 4.69) is 0 Å². The molecule has 0 aromatic heterocycles. The second kappa shape index (κ2) is 4.56. The summed E-state index contributed by atoms with van der Waals surface area (Å²) in [7, 11) is 0. The summed E-state index contributed by atoms with van der Waals surface area (Å²) < 4.78 is 26.2. The molecule has 0 saturated heterocycles. The van der Waals surface area contributed by atoms with Crippen LogP contribution in [0.15, 0.2) is 36.4 Å². The monoisotopic (exact) mass is 248 g/mol. The first-order valence-electron chi connectivity index (χ1n) is 5.28. The number of halogens is 2. The number of rotatable bonds is 2. The standard InChI is InChI=1S/C14H10F2O2/c1-8-6-13(16)12(14(17)18)7-11(8)9-2-4-10(15)5-3-9/h2-7H,1H3,(H,17,18). The average molecular weight is 248 g/mol. The van der Waals surface area contributed by atoms with E-state index in [9.17, 15) is 13.6 Å². The van der Waals surface area contributed by atoms with E-state index < -0.39 is 11.8 Å². The van der Waals surface area contributed by atoms with Gasteiger partial charge in [0.2, 0.25) is 0 Å². The van der Waals surface area contributed by atoms with Crippen LogP contribution >= 0.6 is 0 Å². The van der Waals surface area contributed by atoms with E-state index in [-0.39, 0.29) is 11.4 Å². The third-order valence-electron chi connectivity index (χ3n) is 2.70. The van der Waals surface area contributed by atoms with Gasteiger partial charge in [-0.05, 0) is 47.9 Å². The molecule has 0 radical (unpaired) electrons. The molecule has 0 amide bonds. The van der Waals surface area contributed by atoms with E-state index in [1.165, 1.54) is 36.4 Å². The van der Waals surface area contributed by atoms with Gasteiger partial charge in [-0.15, -0.1) is 0 Å². The molecule has 0 heterocycles. The lowest BCUT2D eigenvalue weighted by Gasteiger charge is -2.08. The first kappa shape index (κ1) is 12.2. The third kappa shape index (κ3) is 2.22. The lowest BCUT2D eigenvalue weighted by Crippen LogP contribution is -2.02. The van der Waals surface area contributed by atoms with Crippen molar-refractivity contribution >= 4 is 5.97 Å².